The molecule has 23 heavy (non-hydrogen) atoms. The van der Waals surface area contributed by atoms with Gasteiger partial charge in [0.15, 0.2) is 0 Å². The zero-order chi connectivity index (χ0) is 16.2. The molecule has 2 heterocycles. The summed E-state index contributed by atoms with van der Waals surface area (Å²) in [4.78, 5) is 21.6. The number of hydrogen-bond donors (Lipinski definition) is 1. The molecule has 3 rings (SSSR count). The van der Waals surface area contributed by atoms with Crippen LogP contribution in [0.3, 0.4) is 0 Å². The lowest BCUT2D eigenvalue weighted by atomic mass is 10.2. The van der Waals surface area contributed by atoms with Gasteiger partial charge in [0.1, 0.15) is 10.7 Å². The zero-order valence-electron chi connectivity index (χ0n) is 12.4. The fraction of sp³-hybridized carbons (Fsp3) is 0.118. The molecule has 0 aliphatic heterocycles. The number of hydrogen-bond acceptors (Lipinski definition) is 4. The SMILES string of the molecule is Cc1nc(-c2ccccc2Cl)sc1CNC(=O)c1ccccn1. The van der Waals surface area contributed by atoms with Crippen molar-refractivity contribution in [3.05, 3.63) is 69.9 Å². The van der Waals surface area contributed by atoms with E-state index in [0.717, 1.165) is 21.1 Å². The van der Waals surface area contributed by atoms with Gasteiger partial charge in [-0.15, -0.1) is 11.3 Å². The van der Waals surface area contributed by atoms with Crippen molar-refractivity contribution < 1.29 is 4.79 Å². The van der Waals surface area contributed by atoms with Crippen LogP contribution in [0, 0.1) is 6.92 Å². The fourth-order valence-corrected chi connectivity index (χ4v) is 3.41. The van der Waals surface area contributed by atoms with Gasteiger partial charge in [-0.1, -0.05) is 35.9 Å². The summed E-state index contributed by atoms with van der Waals surface area (Å²) in [6.07, 6.45) is 1.60. The summed E-state index contributed by atoms with van der Waals surface area (Å²) in [6.45, 7) is 2.35. The van der Waals surface area contributed by atoms with Crippen LogP contribution < -0.4 is 5.32 Å². The monoisotopic (exact) mass is 343 g/mol. The molecular weight excluding hydrogens is 330 g/mol. The highest BCUT2D eigenvalue weighted by Crippen LogP contribution is 2.32. The number of nitrogens with zero attached hydrogens (tertiary/aromatic N) is 2. The van der Waals surface area contributed by atoms with Crippen LogP contribution in [0.4, 0.5) is 0 Å². The van der Waals surface area contributed by atoms with Gasteiger partial charge in [-0.05, 0) is 25.1 Å². The molecule has 4 nitrogen and oxygen atoms in total. The van der Waals surface area contributed by atoms with E-state index in [-0.39, 0.29) is 5.91 Å². The van der Waals surface area contributed by atoms with E-state index in [4.69, 9.17) is 11.6 Å². The Balaban J connectivity index is 1.75. The first-order valence-corrected chi connectivity index (χ1v) is 8.25. The predicted octanol–water partition coefficient (Wildman–Crippen LogP) is 4.10. The number of rotatable bonds is 4. The molecule has 0 radical (unpaired) electrons. The highest BCUT2D eigenvalue weighted by Gasteiger charge is 2.13. The second kappa shape index (κ2) is 6.89. The lowest BCUT2D eigenvalue weighted by molar-refractivity contribution is 0.0946. The number of halogens is 1. The topological polar surface area (TPSA) is 54.9 Å². The normalized spacial score (nSPS) is 10.5. The largest absolute Gasteiger partial charge is 0.346 e. The molecule has 1 N–H and O–H groups in total. The van der Waals surface area contributed by atoms with Crippen molar-refractivity contribution in [3.8, 4) is 10.6 Å². The van der Waals surface area contributed by atoms with Crippen LogP contribution in [0.5, 0.6) is 0 Å². The molecule has 1 amide bonds. The number of nitrogens with one attached hydrogen (secondary N) is 1. The molecule has 0 aliphatic rings. The fourth-order valence-electron chi connectivity index (χ4n) is 2.09. The van der Waals surface area contributed by atoms with Crippen molar-refractivity contribution in [2.24, 2.45) is 0 Å². The molecule has 2 aromatic heterocycles. The van der Waals surface area contributed by atoms with Crippen LogP contribution in [0.15, 0.2) is 48.7 Å². The Morgan fingerprint density at radius 1 is 1.22 bits per heavy atom. The molecular formula is C17H14ClN3OS. The molecule has 0 aliphatic carbocycles. The molecule has 0 saturated heterocycles. The van der Waals surface area contributed by atoms with E-state index in [2.05, 4.69) is 15.3 Å². The summed E-state index contributed by atoms with van der Waals surface area (Å²) in [6, 6.07) is 12.9. The van der Waals surface area contributed by atoms with Gasteiger partial charge >= 0.3 is 0 Å². The summed E-state index contributed by atoms with van der Waals surface area (Å²) in [7, 11) is 0. The Labute approximate surface area is 143 Å². The molecule has 3 aromatic rings. The Bertz CT molecular complexity index is 833. The van der Waals surface area contributed by atoms with Gasteiger partial charge in [-0.25, -0.2) is 4.98 Å². The zero-order valence-corrected chi connectivity index (χ0v) is 14.0. The summed E-state index contributed by atoms with van der Waals surface area (Å²) < 4.78 is 0. The maximum absolute atomic E-state index is 12.0. The van der Waals surface area contributed by atoms with Crippen LogP contribution in [0.25, 0.3) is 10.6 Å². The predicted molar refractivity (Wildman–Crippen MR) is 92.7 cm³/mol. The van der Waals surface area contributed by atoms with E-state index in [0.29, 0.717) is 17.3 Å². The summed E-state index contributed by atoms with van der Waals surface area (Å²) >= 11 is 7.75. The molecule has 0 bridgehead atoms. The van der Waals surface area contributed by atoms with Gasteiger partial charge in [0, 0.05) is 16.6 Å². The first-order chi connectivity index (χ1) is 11.1. The van der Waals surface area contributed by atoms with Gasteiger partial charge < -0.3 is 5.32 Å². The van der Waals surface area contributed by atoms with Gasteiger partial charge in [0.2, 0.25) is 0 Å². The van der Waals surface area contributed by atoms with Crippen LogP contribution in [0.2, 0.25) is 5.02 Å². The Morgan fingerprint density at radius 2 is 2.00 bits per heavy atom. The number of aryl methyl sites for hydroxylation is 1. The number of amides is 1. The van der Waals surface area contributed by atoms with E-state index in [1.807, 2.05) is 31.2 Å². The summed E-state index contributed by atoms with van der Waals surface area (Å²) in [5, 5.41) is 4.40. The van der Waals surface area contributed by atoms with E-state index in [9.17, 15) is 4.79 Å². The molecule has 0 spiro atoms. The number of carbonyl (C=O) groups excluding carboxylic acids is 1. The number of thiazole rings is 1. The number of pyridine rings is 1. The molecule has 1 aromatic carbocycles. The minimum atomic E-state index is -0.197. The average Bonchev–Trinajstić information content (AvgIpc) is 2.94. The molecule has 0 fully saturated rings. The first kappa shape index (κ1) is 15.6. The number of carbonyl (C=O) groups is 1. The van der Waals surface area contributed by atoms with Crippen molar-refractivity contribution in [3.63, 3.8) is 0 Å². The van der Waals surface area contributed by atoms with Crippen molar-refractivity contribution in [1.82, 2.24) is 15.3 Å². The van der Waals surface area contributed by atoms with E-state index >= 15 is 0 Å². The van der Waals surface area contributed by atoms with Crippen LogP contribution in [-0.2, 0) is 6.54 Å². The highest BCUT2D eigenvalue weighted by molar-refractivity contribution is 7.15. The third kappa shape index (κ3) is 3.57. The van der Waals surface area contributed by atoms with Crippen LogP contribution >= 0.6 is 22.9 Å². The van der Waals surface area contributed by atoms with Crippen LogP contribution in [0.1, 0.15) is 21.1 Å². The molecule has 116 valence electrons. The smallest absolute Gasteiger partial charge is 0.270 e. The second-order valence-corrected chi connectivity index (χ2v) is 6.40. The maximum Gasteiger partial charge on any atom is 0.270 e. The highest BCUT2D eigenvalue weighted by atomic mass is 35.5. The van der Waals surface area contributed by atoms with E-state index in [1.165, 1.54) is 11.3 Å². The Kier molecular flexibility index (Phi) is 4.69. The van der Waals surface area contributed by atoms with E-state index in [1.54, 1.807) is 24.4 Å². The molecule has 0 atom stereocenters. The maximum atomic E-state index is 12.0. The van der Waals surface area contributed by atoms with Crippen molar-refractivity contribution in [2.75, 3.05) is 0 Å². The standard InChI is InChI=1S/C17H14ClN3OS/c1-11-15(10-20-16(22)14-8-4-5-9-19-14)23-17(21-11)12-6-2-3-7-13(12)18/h2-9H,10H2,1H3,(H,20,22). The lowest BCUT2D eigenvalue weighted by Gasteiger charge is -2.03. The second-order valence-electron chi connectivity index (χ2n) is 4.91. The van der Waals surface area contributed by atoms with E-state index < -0.39 is 0 Å². The van der Waals surface area contributed by atoms with Crippen molar-refractivity contribution in [1.29, 1.82) is 0 Å². The Hall–Kier alpha value is -2.24. The molecule has 6 heteroatoms. The molecule has 0 unspecified atom stereocenters. The first-order valence-electron chi connectivity index (χ1n) is 7.05. The number of benzene rings is 1. The number of aromatic nitrogens is 2. The van der Waals surface area contributed by atoms with Gasteiger partial charge in [-0.3, -0.25) is 9.78 Å². The third-order valence-corrected chi connectivity index (χ3v) is 4.82. The summed E-state index contributed by atoms with van der Waals surface area (Å²) in [5.74, 6) is -0.197. The minimum absolute atomic E-state index is 0.197. The summed E-state index contributed by atoms with van der Waals surface area (Å²) in [5.41, 5.74) is 2.21. The minimum Gasteiger partial charge on any atom is -0.346 e. The van der Waals surface area contributed by atoms with Crippen molar-refractivity contribution >= 4 is 28.8 Å². The molecule has 0 saturated carbocycles. The third-order valence-electron chi connectivity index (χ3n) is 3.30. The van der Waals surface area contributed by atoms with Crippen molar-refractivity contribution in [2.45, 2.75) is 13.5 Å². The van der Waals surface area contributed by atoms with Gasteiger partial charge in [0.25, 0.3) is 5.91 Å². The quantitative estimate of drug-likeness (QED) is 0.776. The lowest BCUT2D eigenvalue weighted by Crippen LogP contribution is -2.23. The average molecular weight is 344 g/mol. The Morgan fingerprint density at radius 3 is 2.74 bits per heavy atom. The van der Waals surface area contributed by atoms with Gasteiger partial charge in [0.05, 0.1) is 17.3 Å². The van der Waals surface area contributed by atoms with Crippen LogP contribution in [-0.4, -0.2) is 15.9 Å². The van der Waals surface area contributed by atoms with Gasteiger partial charge in [-0.2, -0.15) is 0 Å².